The van der Waals surface area contributed by atoms with Crippen molar-refractivity contribution in [3.8, 4) is 0 Å². The van der Waals surface area contributed by atoms with Crippen LogP contribution in [0.1, 0.15) is 13.3 Å². The van der Waals surface area contributed by atoms with Crippen molar-refractivity contribution in [3.63, 3.8) is 0 Å². The largest absolute Gasteiger partial charge is 0.358 e. The van der Waals surface area contributed by atoms with E-state index in [0.29, 0.717) is 6.54 Å². The minimum absolute atomic E-state index is 0.0708. The number of amides is 2. The molecule has 0 fully saturated rings. The summed E-state index contributed by atoms with van der Waals surface area (Å²) in [5, 5.41) is 2.50. The summed E-state index contributed by atoms with van der Waals surface area (Å²) in [7, 11) is 1.55. The van der Waals surface area contributed by atoms with Crippen molar-refractivity contribution >= 4 is 11.9 Å². The Labute approximate surface area is 94.3 Å². The lowest BCUT2D eigenvalue weighted by molar-refractivity contribution is -0.121. The third-order valence-electron chi connectivity index (χ3n) is 2.10. The van der Waals surface area contributed by atoms with Crippen LogP contribution in [-0.4, -0.2) is 46.5 Å². The van der Waals surface area contributed by atoms with Gasteiger partial charge in [-0.2, -0.15) is 0 Å². The highest BCUT2D eigenvalue weighted by Gasteiger charge is 2.16. The lowest BCUT2D eigenvalue weighted by Crippen LogP contribution is -2.41. The molecule has 16 heavy (non-hydrogen) atoms. The standard InChI is InChI=1S/C10H16N4O2/c1-3-5-13(7-9(15)11-2)10(16)14-6-4-12-8-14/h4,6,8H,3,5,7H2,1-2H3,(H,11,15). The molecular formula is C10H16N4O2. The zero-order valence-corrected chi connectivity index (χ0v) is 9.51. The van der Waals surface area contributed by atoms with Crippen LogP contribution in [0.15, 0.2) is 18.7 Å². The Morgan fingerprint density at radius 2 is 2.25 bits per heavy atom. The van der Waals surface area contributed by atoms with Crippen LogP contribution in [0.4, 0.5) is 4.79 Å². The van der Waals surface area contributed by atoms with Crippen LogP contribution >= 0.6 is 0 Å². The molecule has 0 unspecified atom stereocenters. The summed E-state index contributed by atoms with van der Waals surface area (Å²) in [5.41, 5.74) is 0. The number of hydrogen-bond acceptors (Lipinski definition) is 3. The summed E-state index contributed by atoms with van der Waals surface area (Å²) < 4.78 is 1.36. The second-order valence-corrected chi connectivity index (χ2v) is 3.35. The molecule has 0 saturated carbocycles. The van der Waals surface area contributed by atoms with Crippen molar-refractivity contribution in [2.24, 2.45) is 0 Å². The van der Waals surface area contributed by atoms with Crippen LogP contribution in [0.2, 0.25) is 0 Å². The number of aromatic nitrogens is 2. The molecule has 0 aromatic carbocycles. The van der Waals surface area contributed by atoms with E-state index >= 15 is 0 Å². The summed E-state index contributed by atoms with van der Waals surface area (Å²) in [4.78, 5) is 28.4. The van der Waals surface area contributed by atoms with Crippen molar-refractivity contribution < 1.29 is 9.59 Å². The van der Waals surface area contributed by atoms with Gasteiger partial charge in [-0.15, -0.1) is 0 Å². The lowest BCUT2D eigenvalue weighted by atomic mass is 10.4. The summed E-state index contributed by atoms with van der Waals surface area (Å²) in [5.74, 6) is -0.179. The van der Waals surface area contributed by atoms with Gasteiger partial charge in [-0.1, -0.05) is 6.92 Å². The fourth-order valence-electron chi connectivity index (χ4n) is 1.30. The molecular weight excluding hydrogens is 208 g/mol. The first kappa shape index (κ1) is 12.2. The third-order valence-corrected chi connectivity index (χ3v) is 2.10. The van der Waals surface area contributed by atoms with Crippen LogP contribution in [0, 0.1) is 0 Å². The van der Waals surface area contributed by atoms with Gasteiger partial charge in [0.15, 0.2) is 0 Å². The van der Waals surface area contributed by atoms with E-state index in [0.717, 1.165) is 6.42 Å². The fraction of sp³-hybridized carbons (Fsp3) is 0.500. The Morgan fingerprint density at radius 1 is 1.50 bits per heavy atom. The first-order chi connectivity index (χ1) is 7.69. The van der Waals surface area contributed by atoms with E-state index in [4.69, 9.17) is 0 Å². The molecule has 0 bridgehead atoms. The van der Waals surface area contributed by atoms with E-state index in [1.807, 2.05) is 6.92 Å². The van der Waals surface area contributed by atoms with E-state index in [1.54, 1.807) is 13.2 Å². The van der Waals surface area contributed by atoms with Crippen LogP contribution in [0.5, 0.6) is 0 Å². The molecule has 0 aliphatic carbocycles. The molecule has 1 N–H and O–H groups in total. The number of carbonyl (C=O) groups excluding carboxylic acids is 2. The van der Waals surface area contributed by atoms with Crippen molar-refractivity contribution in [1.82, 2.24) is 19.8 Å². The topological polar surface area (TPSA) is 67.2 Å². The number of imidazole rings is 1. The number of rotatable bonds is 4. The fourth-order valence-corrected chi connectivity index (χ4v) is 1.30. The van der Waals surface area contributed by atoms with Gasteiger partial charge in [-0.3, -0.25) is 9.36 Å². The van der Waals surface area contributed by atoms with Gasteiger partial charge in [0.05, 0.1) is 0 Å². The molecule has 0 aliphatic heterocycles. The highest BCUT2D eigenvalue weighted by Crippen LogP contribution is 1.98. The second-order valence-electron chi connectivity index (χ2n) is 3.35. The number of likely N-dealkylation sites (N-methyl/N-ethyl adjacent to an activating group) is 1. The smallest absolute Gasteiger partial charge is 0.329 e. The van der Waals surface area contributed by atoms with Gasteiger partial charge in [0.25, 0.3) is 0 Å². The van der Waals surface area contributed by atoms with Gasteiger partial charge in [-0.05, 0) is 6.42 Å². The van der Waals surface area contributed by atoms with Gasteiger partial charge in [-0.25, -0.2) is 9.78 Å². The number of nitrogens with one attached hydrogen (secondary N) is 1. The monoisotopic (exact) mass is 224 g/mol. The zero-order chi connectivity index (χ0) is 12.0. The van der Waals surface area contributed by atoms with Crippen LogP contribution < -0.4 is 5.32 Å². The molecule has 6 heteroatoms. The first-order valence-electron chi connectivity index (χ1n) is 5.16. The zero-order valence-electron chi connectivity index (χ0n) is 9.51. The van der Waals surface area contributed by atoms with Crippen molar-refractivity contribution in [2.75, 3.05) is 20.1 Å². The SMILES string of the molecule is CCCN(CC(=O)NC)C(=O)n1ccnc1. The summed E-state index contributed by atoms with van der Waals surface area (Å²) >= 11 is 0. The number of carbonyl (C=O) groups is 2. The quantitative estimate of drug-likeness (QED) is 0.800. The molecule has 88 valence electrons. The maximum atomic E-state index is 11.9. The first-order valence-corrected chi connectivity index (χ1v) is 5.16. The molecule has 6 nitrogen and oxygen atoms in total. The highest BCUT2D eigenvalue weighted by atomic mass is 16.2. The molecule has 0 saturated heterocycles. The number of nitrogens with zero attached hydrogens (tertiary/aromatic N) is 3. The molecule has 1 aromatic rings. The maximum Gasteiger partial charge on any atom is 0.329 e. The average molecular weight is 224 g/mol. The van der Waals surface area contributed by atoms with Crippen LogP contribution in [-0.2, 0) is 4.79 Å². The van der Waals surface area contributed by atoms with Crippen molar-refractivity contribution in [1.29, 1.82) is 0 Å². The maximum absolute atomic E-state index is 11.9. The Hall–Kier alpha value is -1.85. The third kappa shape index (κ3) is 3.08. The second kappa shape index (κ2) is 5.89. The van der Waals surface area contributed by atoms with E-state index in [1.165, 1.54) is 22.0 Å². The van der Waals surface area contributed by atoms with Crippen molar-refractivity contribution in [3.05, 3.63) is 18.7 Å². The van der Waals surface area contributed by atoms with E-state index in [-0.39, 0.29) is 18.5 Å². The van der Waals surface area contributed by atoms with E-state index < -0.39 is 0 Å². The molecule has 1 aromatic heterocycles. The minimum Gasteiger partial charge on any atom is -0.358 e. The Balaban J connectivity index is 2.69. The predicted molar refractivity (Wildman–Crippen MR) is 59.0 cm³/mol. The van der Waals surface area contributed by atoms with Gasteiger partial charge in [0.1, 0.15) is 12.9 Å². The van der Waals surface area contributed by atoms with Gasteiger partial charge < -0.3 is 10.2 Å². The highest BCUT2D eigenvalue weighted by molar-refractivity contribution is 5.84. The number of hydrogen-bond donors (Lipinski definition) is 1. The van der Waals surface area contributed by atoms with Crippen LogP contribution in [0.3, 0.4) is 0 Å². The molecule has 0 radical (unpaired) electrons. The average Bonchev–Trinajstić information content (AvgIpc) is 2.80. The predicted octanol–water partition coefficient (Wildman–Crippen LogP) is 0.309. The summed E-state index contributed by atoms with van der Waals surface area (Å²) in [6, 6.07) is -0.233. The lowest BCUT2D eigenvalue weighted by Gasteiger charge is -2.20. The summed E-state index contributed by atoms with van der Waals surface area (Å²) in [6.45, 7) is 2.57. The molecule has 0 aliphatic rings. The molecule has 2 amide bonds. The van der Waals surface area contributed by atoms with Gasteiger partial charge in [0.2, 0.25) is 5.91 Å². The Bertz CT molecular complexity index is 348. The van der Waals surface area contributed by atoms with Gasteiger partial charge in [0, 0.05) is 26.0 Å². The summed E-state index contributed by atoms with van der Waals surface area (Å²) in [6.07, 6.45) is 5.32. The van der Waals surface area contributed by atoms with Gasteiger partial charge >= 0.3 is 6.03 Å². The van der Waals surface area contributed by atoms with Crippen molar-refractivity contribution in [2.45, 2.75) is 13.3 Å². The molecule has 1 rings (SSSR count). The normalized spacial score (nSPS) is 9.88. The van der Waals surface area contributed by atoms with E-state index in [9.17, 15) is 9.59 Å². The van der Waals surface area contributed by atoms with E-state index in [2.05, 4.69) is 10.3 Å². The molecule has 1 heterocycles. The molecule has 0 spiro atoms. The minimum atomic E-state index is -0.233. The molecule has 0 atom stereocenters. The Morgan fingerprint density at radius 3 is 2.75 bits per heavy atom. The van der Waals surface area contributed by atoms with Crippen LogP contribution in [0.25, 0.3) is 0 Å². The Kier molecular flexibility index (Phi) is 4.50.